The number of hydrogen-bond acceptors (Lipinski definition) is 3. The second kappa shape index (κ2) is 6.99. The molecule has 21 heavy (non-hydrogen) atoms. The number of halogens is 1. The van der Waals surface area contributed by atoms with Crippen LogP contribution in [0.5, 0.6) is 0 Å². The average molecular weight is 312 g/mol. The molecule has 1 saturated heterocycles. The minimum atomic E-state index is -0.634. The summed E-state index contributed by atoms with van der Waals surface area (Å²) in [7, 11) is -0.634. The van der Waals surface area contributed by atoms with Crippen LogP contribution in [0.1, 0.15) is 25.0 Å². The van der Waals surface area contributed by atoms with Crippen LogP contribution in [-0.2, 0) is 17.3 Å². The fourth-order valence-corrected chi connectivity index (χ4v) is 3.77. The average Bonchev–Trinajstić information content (AvgIpc) is 2.41. The quantitative estimate of drug-likeness (QED) is 0.903. The van der Waals surface area contributed by atoms with E-state index in [4.69, 9.17) is 0 Å². The zero-order valence-electron chi connectivity index (χ0n) is 13.1. The van der Waals surface area contributed by atoms with Crippen molar-refractivity contribution in [3.63, 3.8) is 0 Å². The fraction of sp³-hybridized carbons (Fsp3) is 0.625. The molecule has 0 aromatic heterocycles. The molecule has 1 aliphatic heterocycles. The van der Waals surface area contributed by atoms with E-state index in [1.165, 1.54) is 6.07 Å². The summed E-state index contributed by atoms with van der Waals surface area (Å²) in [5, 5.41) is 3.47. The van der Waals surface area contributed by atoms with Crippen LogP contribution >= 0.6 is 0 Å². The predicted molar refractivity (Wildman–Crippen MR) is 86.4 cm³/mol. The van der Waals surface area contributed by atoms with E-state index in [-0.39, 0.29) is 11.4 Å². The van der Waals surface area contributed by atoms with Crippen molar-refractivity contribution in [2.45, 2.75) is 32.9 Å². The van der Waals surface area contributed by atoms with Gasteiger partial charge < -0.3 is 5.32 Å². The molecule has 0 radical (unpaired) electrons. The first-order valence-corrected chi connectivity index (χ1v) is 8.93. The van der Waals surface area contributed by atoms with Gasteiger partial charge in [-0.25, -0.2) is 4.39 Å². The topological polar surface area (TPSA) is 32.3 Å². The highest BCUT2D eigenvalue weighted by Crippen LogP contribution is 2.17. The van der Waals surface area contributed by atoms with Crippen LogP contribution in [0.4, 0.5) is 4.39 Å². The van der Waals surface area contributed by atoms with Crippen molar-refractivity contribution in [3.05, 3.63) is 35.1 Å². The molecule has 1 aliphatic rings. The molecule has 5 heteroatoms. The Kier molecular flexibility index (Phi) is 5.52. The standard InChI is InChI=1S/C16H25FN2OS/c1-13-10-15(17)5-4-14(13)11-18-12-16(2,3)19-6-8-21(20)9-7-19/h4-5,10,18H,6-9,11-12H2,1-3H3. The Morgan fingerprint density at radius 3 is 2.62 bits per heavy atom. The number of hydrogen-bond donors (Lipinski definition) is 1. The summed E-state index contributed by atoms with van der Waals surface area (Å²) >= 11 is 0. The van der Waals surface area contributed by atoms with Crippen LogP contribution in [-0.4, -0.2) is 45.8 Å². The monoisotopic (exact) mass is 312 g/mol. The largest absolute Gasteiger partial charge is 0.311 e. The van der Waals surface area contributed by atoms with Crippen molar-refractivity contribution in [1.29, 1.82) is 0 Å². The fourth-order valence-electron chi connectivity index (χ4n) is 2.72. The van der Waals surface area contributed by atoms with Gasteiger partial charge in [0.15, 0.2) is 0 Å². The molecule has 1 heterocycles. The summed E-state index contributed by atoms with van der Waals surface area (Å²) in [4.78, 5) is 2.40. The molecule has 2 rings (SSSR count). The molecular weight excluding hydrogens is 287 g/mol. The molecular formula is C16H25FN2OS. The van der Waals surface area contributed by atoms with E-state index in [9.17, 15) is 8.60 Å². The third-order valence-electron chi connectivity index (χ3n) is 4.21. The van der Waals surface area contributed by atoms with Gasteiger partial charge in [0.05, 0.1) is 0 Å². The van der Waals surface area contributed by atoms with Gasteiger partial charge in [-0.15, -0.1) is 0 Å². The SMILES string of the molecule is Cc1cc(F)ccc1CNCC(C)(C)N1CCS(=O)CC1. The van der Waals surface area contributed by atoms with Gasteiger partial charge >= 0.3 is 0 Å². The Hall–Kier alpha value is -0.780. The van der Waals surface area contributed by atoms with Crippen LogP contribution in [0.2, 0.25) is 0 Å². The molecule has 1 aromatic rings. The number of aryl methyl sites for hydroxylation is 1. The van der Waals surface area contributed by atoms with Gasteiger partial charge in [-0.2, -0.15) is 0 Å². The number of rotatable bonds is 5. The summed E-state index contributed by atoms with van der Waals surface area (Å²) in [6.45, 7) is 9.77. The molecule has 3 nitrogen and oxygen atoms in total. The highest BCUT2D eigenvalue weighted by atomic mass is 32.2. The molecule has 0 bridgehead atoms. The second-order valence-electron chi connectivity index (χ2n) is 6.32. The summed E-state index contributed by atoms with van der Waals surface area (Å²) in [6, 6.07) is 4.92. The lowest BCUT2D eigenvalue weighted by molar-refractivity contribution is 0.130. The molecule has 0 amide bonds. The third-order valence-corrected chi connectivity index (χ3v) is 5.49. The highest BCUT2D eigenvalue weighted by molar-refractivity contribution is 7.85. The first kappa shape index (κ1) is 16.6. The van der Waals surface area contributed by atoms with E-state index in [2.05, 4.69) is 24.1 Å². The van der Waals surface area contributed by atoms with Crippen LogP contribution in [0.15, 0.2) is 18.2 Å². The zero-order chi connectivity index (χ0) is 15.5. The Bertz CT molecular complexity index is 509. The third kappa shape index (κ3) is 4.59. The number of nitrogens with zero attached hydrogens (tertiary/aromatic N) is 1. The van der Waals surface area contributed by atoms with Crippen molar-refractivity contribution in [3.8, 4) is 0 Å². The summed E-state index contributed by atoms with van der Waals surface area (Å²) in [6.07, 6.45) is 0. The van der Waals surface area contributed by atoms with E-state index in [0.717, 1.165) is 48.8 Å². The van der Waals surface area contributed by atoms with Gasteiger partial charge in [-0.05, 0) is 44.0 Å². The number of nitrogens with one attached hydrogen (secondary N) is 1. The van der Waals surface area contributed by atoms with Gasteiger partial charge in [0, 0.05) is 54.0 Å². The van der Waals surface area contributed by atoms with Crippen LogP contribution < -0.4 is 5.32 Å². The molecule has 0 spiro atoms. The molecule has 1 N–H and O–H groups in total. The summed E-state index contributed by atoms with van der Waals surface area (Å²) < 4.78 is 24.5. The maximum Gasteiger partial charge on any atom is 0.123 e. The molecule has 1 fully saturated rings. The Balaban J connectivity index is 1.85. The Morgan fingerprint density at radius 1 is 1.33 bits per heavy atom. The van der Waals surface area contributed by atoms with Crippen molar-refractivity contribution >= 4 is 10.8 Å². The van der Waals surface area contributed by atoms with Crippen molar-refractivity contribution < 1.29 is 8.60 Å². The smallest absolute Gasteiger partial charge is 0.123 e. The van der Waals surface area contributed by atoms with Crippen molar-refractivity contribution in [2.24, 2.45) is 0 Å². The lowest BCUT2D eigenvalue weighted by Crippen LogP contribution is -2.55. The predicted octanol–water partition coefficient (Wildman–Crippen LogP) is 2.07. The summed E-state index contributed by atoms with van der Waals surface area (Å²) in [5.74, 6) is 1.37. The first-order chi connectivity index (χ1) is 9.88. The molecule has 0 unspecified atom stereocenters. The molecule has 1 aromatic carbocycles. The van der Waals surface area contributed by atoms with Gasteiger partial charge in [-0.1, -0.05) is 6.07 Å². The minimum absolute atomic E-state index is 0.0402. The van der Waals surface area contributed by atoms with Crippen molar-refractivity contribution in [2.75, 3.05) is 31.1 Å². The van der Waals surface area contributed by atoms with E-state index in [0.29, 0.717) is 0 Å². The van der Waals surface area contributed by atoms with Gasteiger partial charge in [0.25, 0.3) is 0 Å². The zero-order valence-corrected chi connectivity index (χ0v) is 13.9. The molecule has 0 saturated carbocycles. The van der Waals surface area contributed by atoms with Gasteiger partial charge in [0.1, 0.15) is 5.82 Å². The number of benzene rings is 1. The second-order valence-corrected chi connectivity index (χ2v) is 8.02. The van der Waals surface area contributed by atoms with Gasteiger partial charge in [-0.3, -0.25) is 9.11 Å². The molecule has 0 aliphatic carbocycles. The van der Waals surface area contributed by atoms with E-state index in [1.54, 1.807) is 6.07 Å². The minimum Gasteiger partial charge on any atom is -0.311 e. The van der Waals surface area contributed by atoms with E-state index >= 15 is 0 Å². The van der Waals surface area contributed by atoms with Crippen LogP contribution in [0.25, 0.3) is 0 Å². The van der Waals surface area contributed by atoms with E-state index < -0.39 is 10.8 Å². The van der Waals surface area contributed by atoms with Crippen LogP contribution in [0, 0.1) is 12.7 Å². The summed E-state index contributed by atoms with van der Waals surface area (Å²) in [5.41, 5.74) is 2.15. The normalized spacial score (nSPS) is 18.1. The Labute approximate surface area is 129 Å². The van der Waals surface area contributed by atoms with Gasteiger partial charge in [0.2, 0.25) is 0 Å². The Morgan fingerprint density at radius 2 is 2.00 bits per heavy atom. The first-order valence-electron chi connectivity index (χ1n) is 7.44. The maximum absolute atomic E-state index is 13.1. The van der Waals surface area contributed by atoms with Crippen LogP contribution in [0.3, 0.4) is 0 Å². The molecule has 0 atom stereocenters. The highest BCUT2D eigenvalue weighted by Gasteiger charge is 2.29. The maximum atomic E-state index is 13.1. The molecule has 118 valence electrons. The van der Waals surface area contributed by atoms with Crippen molar-refractivity contribution in [1.82, 2.24) is 10.2 Å². The lowest BCUT2D eigenvalue weighted by atomic mass is 10.0. The lowest BCUT2D eigenvalue weighted by Gasteiger charge is -2.41. The van der Waals surface area contributed by atoms with E-state index in [1.807, 2.05) is 13.0 Å².